The van der Waals surface area contributed by atoms with Crippen LogP contribution in [0.2, 0.25) is 0 Å². The van der Waals surface area contributed by atoms with Crippen LogP contribution >= 0.6 is 0 Å². The molecule has 0 saturated carbocycles. The predicted octanol–water partition coefficient (Wildman–Crippen LogP) is 0.519. The Hall–Kier alpha value is -2.14. The molecule has 1 fully saturated rings. The SMILES string of the molecule is Cc1nn(Cc2ccccc2)c(C)c1C(=O)N1CC[NH+](C)CC1. The number of carbonyl (C=O) groups excluding carboxylic acids is 1. The Morgan fingerprint density at radius 2 is 1.83 bits per heavy atom. The van der Waals surface area contributed by atoms with Crippen LogP contribution in [-0.4, -0.2) is 53.8 Å². The summed E-state index contributed by atoms with van der Waals surface area (Å²) in [5.74, 6) is 0.131. The van der Waals surface area contributed by atoms with Gasteiger partial charge in [0, 0.05) is 5.69 Å². The molecule has 2 heterocycles. The van der Waals surface area contributed by atoms with Crippen LogP contribution < -0.4 is 4.90 Å². The monoisotopic (exact) mass is 313 g/mol. The lowest BCUT2D eigenvalue weighted by Gasteiger charge is -2.30. The molecule has 0 spiro atoms. The van der Waals surface area contributed by atoms with Gasteiger partial charge < -0.3 is 9.80 Å². The van der Waals surface area contributed by atoms with Gasteiger partial charge in [0.25, 0.3) is 5.91 Å². The fraction of sp³-hybridized carbons (Fsp3) is 0.444. The molecule has 0 radical (unpaired) electrons. The lowest BCUT2D eigenvalue weighted by atomic mass is 10.1. The number of nitrogens with one attached hydrogen (secondary N) is 1. The Bertz CT molecular complexity index is 685. The number of hydrogen-bond donors (Lipinski definition) is 1. The number of quaternary nitrogens is 1. The van der Waals surface area contributed by atoms with E-state index >= 15 is 0 Å². The summed E-state index contributed by atoms with van der Waals surface area (Å²) in [5.41, 5.74) is 3.76. The third kappa shape index (κ3) is 3.29. The van der Waals surface area contributed by atoms with Gasteiger partial charge in [0.05, 0.1) is 51.0 Å². The van der Waals surface area contributed by atoms with Crippen LogP contribution in [0.3, 0.4) is 0 Å². The number of carbonyl (C=O) groups is 1. The average Bonchev–Trinajstić information content (AvgIpc) is 2.82. The molecule has 0 unspecified atom stereocenters. The third-order valence-corrected chi connectivity index (χ3v) is 4.67. The third-order valence-electron chi connectivity index (χ3n) is 4.67. The van der Waals surface area contributed by atoms with Gasteiger partial charge in [0.15, 0.2) is 0 Å². The summed E-state index contributed by atoms with van der Waals surface area (Å²) in [6.45, 7) is 8.32. The molecule has 5 heteroatoms. The van der Waals surface area contributed by atoms with Gasteiger partial charge in [-0.1, -0.05) is 30.3 Å². The van der Waals surface area contributed by atoms with Crippen LogP contribution in [0.25, 0.3) is 0 Å². The molecule has 5 nitrogen and oxygen atoms in total. The van der Waals surface area contributed by atoms with Crippen LogP contribution in [0.15, 0.2) is 30.3 Å². The molecule has 3 rings (SSSR count). The predicted molar refractivity (Wildman–Crippen MR) is 89.8 cm³/mol. The van der Waals surface area contributed by atoms with E-state index < -0.39 is 0 Å². The van der Waals surface area contributed by atoms with Gasteiger partial charge in [-0.05, 0) is 19.4 Å². The molecule has 1 aliphatic heterocycles. The zero-order valence-electron chi connectivity index (χ0n) is 14.2. The van der Waals surface area contributed by atoms with Gasteiger partial charge in [-0.2, -0.15) is 5.10 Å². The van der Waals surface area contributed by atoms with Gasteiger partial charge in [-0.3, -0.25) is 9.48 Å². The number of likely N-dealkylation sites (N-methyl/N-ethyl adjacent to an activating group) is 1. The van der Waals surface area contributed by atoms with Crippen molar-refractivity contribution in [3.63, 3.8) is 0 Å². The molecule has 1 aromatic carbocycles. The summed E-state index contributed by atoms with van der Waals surface area (Å²) < 4.78 is 1.94. The Balaban J connectivity index is 1.81. The van der Waals surface area contributed by atoms with E-state index in [-0.39, 0.29) is 5.91 Å². The molecule has 1 aliphatic rings. The molecular formula is C18H25N4O+. The molecule has 1 saturated heterocycles. The van der Waals surface area contributed by atoms with Crippen molar-refractivity contribution in [3.05, 3.63) is 52.8 Å². The molecule has 122 valence electrons. The van der Waals surface area contributed by atoms with E-state index in [1.165, 1.54) is 10.5 Å². The van der Waals surface area contributed by atoms with E-state index in [1.54, 1.807) is 0 Å². The highest BCUT2D eigenvalue weighted by atomic mass is 16.2. The zero-order valence-corrected chi connectivity index (χ0v) is 14.2. The number of nitrogens with zero attached hydrogens (tertiary/aromatic N) is 3. The van der Waals surface area contributed by atoms with Crippen LogP contribution in [0.1, 0.15) is 27.3 Å². The van der Waals surface area contributed by atoms with E-state index in [4.69, 9.17) is 0 Å². The molecule has 0 atom stereocenters. The van der Waals surface area contributed by atoms with Crippen molar-refractivity contribution in [1.82, 2.24) is 14.7 Å². The van der Waals surface area contributed by atoms with Crippen molar-refractivity contribution in [2.45, 2.75) is 20.4 Å². The van der Waals surface area contributed by atoms with Crippen molar-refractivity contribution >= 4 is 5.91 Å². The highest BCUT2D eigenvalue weighted by Gasteiger charge is 2.27. The quantitative estimate of drug-likeness (QED) is 0.898. The van der Waals surface area contributed by atoms with Crippen molar-refractivity contribution in [1.29, 1.82) is 0 Å². The molecule has 0 bridgehead atoms. The van der Waals surface area contributed by atoms with Gasteiger partial charge >= 0.3 is 0 Å². The van der Waals surface area contributed by atoms with Crippen LogP contribution in [-0.2, 0) is 6.54 Å². The lowest BCUT2D eigenvalue weighted by Crippen LogP contribution is -3.12. The van der Waals surface area contributed by atoms with Crippen molar-refractivity contribution < 1.29 is 9.69 Å². The van der Waals surface area contributed by atoms with Gasteiger partial charge in [0.2, 0.25) is 0 Å². The minimum absolute atomic E-state index is 0.131. The van der Waals surface area contributed by atoms with E-state index in [0.717, 1.165) is 43.1 Å². The van der Waals surface area contributed by atoms with E-state index in [9.17, 15) is 4.79 Å². The molecule has 23 heavy (non-hydrogen) atoms. The first-order chi connectivity index (χ1) is 11.1. The summed E-state index contributed by atoms with van der Waals surface area (Å²) in [6.07, 6.45) is 0. The first kappa shape index (κ1) is 15.7. The maximum absolute atomic E-state index is 12.9. The maximum atomic E-state index is 12.9. The largest absolute Gasteiger partial charge is 0.334 e. The molecule has 1 aromatic heterocycles. The fourth-order valence-corrected chi connectivity index (χ4v) is 3.17. The van der Waals surface area contributed by atoms with Gasteiger partial charge in [0.1, 0.15) is 0 Å². The van der Waals surface area contributed by atoms with Crippen molar-refractivity contribution in [3.8, 4) is 0 Å². The number of benzene rings is 1. The minimum atomic E-state index is 0.131. The standard InChI is InChI=1S/C18H24N4O/c1-14-17(18(23)21-11-9-20(3)10-12-21)15(2)22(19-14)13-16-7-5-4-6-8-16/h4-8H,9-13H2,1-3H3/p+1. The molecule has 1 amide bonds. The summed E-state index contributed by atoms with van der Waals surface area (Å²) in [5, 5.41) is 4.60. The summed E-state index contributed by atoms with van der Waals surface area (Å²) >= 11 is 0. The normalized spacial score (nSPS) is 15.9. The van der Waals surface area contributed by atoms with Crippen molar-refractivity contribution in [2.24, 2.45) is 0 Å². The second-order valence-electron chi connectivity index (χ2n) is 6.44. The first-order valence-corrected chi connectivity index (χ1v) is 8.24. The second-order valence-corrected chi connectivity index (χ2v) is 6.44. The van der Waals surface area contributed by atoms with Gasteiger partial charge in [-0.25, -0.2) is 0 Å². The number of piperazine rings is 1. The van der Waals surface area contributed by atoms with Crippen LogP contribution in [0.4, 0.5) is 0 Å². The molecule has 1 N–H and O–H groups in total. The Morgan fingerprint density at radius 1 is 1.17 bits per heavy atom. The van der Waals surface area contributed by atoms with Crippen molar-refractivity contribution in [2.75, 3.05) is 33.2 Å². The number of amides is 1. The molecular weight excluding hydrogens is 288 g/mol. The highest BCUT2D eigenvalue weighted by Crippen LogP contribution is 2.17. The Kier molecular flexibility index (Phi) is 4.48. The average molecular weight is 313 g/mol. The minimum Gasteiger partial charge on any atom is -0.334 e. The molecule has 0 aliphatic carbocycles. The Morgan fingerprint density at radius 3 is 2.48 bits per heavy atom. The summed E-state index contributed by atoms with van der Waals surface area (Å²) in [6, 6.07) is 10.2. The van der Waals surface area contributed by atoms with E-state index in [2.05, 4.69) is 24.3 Å². The van der Waals surface area contributed by atoms with Crippen LogP contribution in [0.5, 0.6) is 0 Å². The van der Waals surface area contributed by atoms with Gasteiger partial charge in [-0.15, -0.1) is 0 Å². The Labute approximate surface area is 137 Å². The number of aromatic nitrogens is 2. The summed E-state index contributed by atoms with van der Waals surface area (Å²) in [4.78, 5) is 16.3. The van der Waals surface area contributed by atoms with E-state index in [1.807, 2.05) is 41.6 Å². The summed E-state index contributed by atoms with van der Waals surface area (Å²) in [7, 11) is 2.18. The smallest absolute Gasteiger partial charge is 0.258 e. The van der Waals surface area contributed by atoms with Crippen LogP contribution in [0, 0.1) is 13.8 Å². The number of hydrogen-bond acceptors (Lipinski definition) is 2. The molecule has 2 aromatic rings. The first-order valence-electron chi connectivity index (χ1n) is 8.24. The maximum Gasteiger partial charge on any atom is 0.258 e. The second kappa shape index (κ2) is 6.54. The zero-order chi connectivity index (χ0) is 16.4. The lowest BCUT2D eigenvalue weighted by molar-refractivity contribution is -0.883. The highest BCUT2D eigenvalue weighted by molar-refractivity contribution is 5.96. The van der Waals surface area contributed by atoms with E-state index in [0.29, 0.717) is 6.54 Å². The fourth-order valence-electron chi connectivity index (χ4n) is 3.17. The topological polar surface area (TPSA) is 42.6 Å². The number of aryl methyl sites for hydroxylation is 1. The number of rotatable bonds is 3.